The second kappa shape index (κ2) is 8.72. The zero-order valence-corrected chi connectivity index (χ0v) is 10.4. The lowest BCUT2D eigenvalue weighted by molar-refractivity contribution is -0.149. The minimum atomic E-state index is -0.251. The second-order valence-corrected chi connectivity index (χ2v) is 4.64. The third kappa shape index (κ3) is 11.4. The summed E-state index contributed by atoms with van der Waals surface area (Å²) in [6, 6.07) is 0. The Hall–Kier alpha value is -0.570. The highest BCUT2D eigenvalue weighted by Crippen LogP contribution is 2.00. The van der Waals surface area contributed by atoms with Crippen molar-refractivity contribution in [1.82, 2.24) is 0 Å². The fourth-order valence-corrected chi connectivity index (χ4v) is 0.925. The van der Waals surface area contributed by atoms with E-state index in [9.17, 15) is 4.79 Å². The third-order valence-electron chi connectivity index (χ3n) is 2.02. The number of hydrogen-bond donors (Lipinski definition) is 0. The molecular formula is C12H24O3. The quantitative estimate of drug-likeness (QED) is 0.462. The van der Waals surface area contributed by atoms with Crippen LogP contribution in [0.4, 0.5) is 0 Å². The van der Waals surface area contributed by atoms with Gasteiger partial charge in [0.1, 0.15) is 6.61 Å². The van der Waals surface area contributed by atoms with Crippen molar-refractivity contribution in [3.8, 4) is 0 Å². The first-order valence-electron chi connectivity index (χ1n) is 5.75. The molecule has 0 saturated heterocycles. The van der Waals surface area contributed by atoms with Crippen LogP contribution in [-0.2, 0) is 14.3 Å². The second-order valence-electron chi connectivity index (χ2n) is 4.64. The summed E-state index contributed by atoms with van der Waals surface area (Å²) in [6.07, 6.45) is 1.90. The van der Waals surface area contributed by atoms with Gasteiger partial charge in [-0.25, -0.2) is 4.79 Å². The Bertz CT molecular complexity index is 164. The van der Waals surface area contributed by atoms with Crippen LogP contribution in [-0.4, -0.2) is 25.8 Å². The van der Waals surface area contributed by atoms with Crippen molar-refractivity contribution in [2.45, 2.75) is 40.5 Å². The summed E-state index contributed by atoms with van der Waals surface area (Å²) in [5, 5.41) is 0. The number of esters is 1. The Morgan fingerprint density at radius 1 is 1.00 bits per heavy atom. The van der Waals surface area contributed by atoms with Crippen molar-refractivity contribution in [1.29, 1.82) is 0 Å². The van der Waals surface area contributed by atoms with Crippen molar-refractivity contribution in [2.75, 3.05) is 19.8 Å². The standard InChI is InChI=1S/C12H24O3/c1-10(2)5-7-14-9-12(13)15-8-6-11(3)4/h10-11H,5-9H2,1-4H3. The van der Waals surface area contributed by atoms with Crippen molar-refractivity contribution in [2.24, 2.45) is 11.8 Å². The summed E-state index contributed by atoms with van der Waals surface area (Å²) in [5.41, 5.74) is 0. The lowest BCUT2D eigenvalue weighted by Crippen LogP contribution is -2.15. The summed E-state index contributed by atoms with van der Waals surface area (Å²) in [7, 11) is 0. The molecule has 0 spiro atoms. The van der Waals surface area contributed by atoms with E-state index in [1.54, 1.807) is 0 Å². The van der Waals surface area contributed by atoms with E-state index >= 15 is 0 Å². The van der Waals surface area contributed by atoms with E-state index in [0.29, 0.717) is 25.0 Å². The average molecular weight is 216 g/mol. The maximum absolute atomic E-state index is 11.1. The predicted molar refractivity (Wildman–Crippen MR) is 60.7 cm³/mol. The number of ether oxygens (including phenoxy) is 2. The fraction of sp³-hybridized carbons (Fsp3) is 0.917. The predicted octanol–water partition coefficient (Wildman–Crippen LogP) is 2.64. The first-order valence-corrected chi connectivity index (χ1v) is 5.75. The average Bonchev–Trinajstić information content (AvgIpc) is 2.11. The molecule has 0 aromatic rings. The van der Waals surface area contributed by atoms with Crippen LogP contribution in [0, 0.1) is 11.8 Å². The minimum Gasteiger partial charge on any atom is -0.464 e. The number of rotatable bonds is 8. The van der Waals surface area contributed by atoms with Crippen LogP contribution in [0.5, 0.6) is 0 Å². The van der Waals surface area contributed by atoms with E-state index in [4.69, 9.17) is 9.47 Å². The van der Waals surface area contributed by atoms with Gasteiger partial charge in [0.05, 0.1) is 6.61 Å². The highest BCUT2D eigenvalue weighted by atomic mass is 16.6. The highest BCUT2D eigenvalue weighted by molar-refractivity contribution is 5.70. The molecule has 0 heterocycles. The zero-order valence-electron chi connectivity index (χ0n) is 10.4. The molecule has 90 valence electrons. The molecule has 0 aromatic heterocycles. The van der Waals surface area contributed by atoms with E-state index in [1.807, 2.05) is 0 Å². The first-order chi connectivity index (χ1) is 7.02. The summed E-state index contributed by atoms with van der Waals surface area (Å²) in [5.74, 6) is 0.932. The molecule has 0 fully saturated rings. The van der Waals surface area contributed by atoms with Gasteiger partial charge in [-0.05, 0) is 24.7 Å². The normalized spacial score (nSPS) is 11.1. The van der Waals surface area contributed by atoms with Crippen LogP contribution < -0.4 is 0 Å². The van der Waals surface area contributed by atoms with Gasteiger partial charge in [0.2, 0.25) is 0 Å². The van der Waals surface area contributed by atoms with Crippen molar-refractivity contribution in [3.63, 3.8) is 0 Å². The van der Waals surface area contributed by atoms with E-state index in [2.05, 4.69) is 27.7 Å². The van der Waals surface area contributed by atoms with Crippen LogP contribution in [0.2, 0.25) is 0 Å². The molecular weight excluding hydrogens is 192 g/mol. The maximum atomic E-state index is 11.1. The third-order valence-corrected chi connectivity index (χ3v) is 2.02. The molecule has 0 bridgehead atoms. The van der Waals surface area contributed by atoms with Gasteiger partial charge < -0.3 is 9.47 Å². The van der Waals surface area contributed by atoms with Gasteiger partial charge in [0, 0.05) is 6.61 Å². The smallest absolute Gasteiger partial charge is 0.332 e. The lowest BCUT2D eigenvalue weighted by Gasteiger charge is -2.08. The number of hydrogen-bond acceptors (Lipinski definition) is 3. The number of carbonyl (C=O) groups excluding carboxylic acids is 1. The SMILES string of the molecule is CC(C)CCOCC(=O)OCCC(C)C. The van der Waals surface area contributed by atoms with Gasteiger partial charge in [-0.2, -0.15) is 0 Å². The van der Waals surface area contributed by atoms with Crippen molar-refractivity contribution in [3.05, 3.63) is 0 Å². The number of carbonyl (C=O) groups is 1. The molecule has 0 aromatic carbocycles. The highest BCUT2D eigenvalue weighted by Gasteiger charge is 2.03. The topological polar surface area (TPSA) is 35.5 Å². The Kier molecular flexibility index (Phi) is 8.38. The molecule has 3 heteroatoms. The Morgan fingerprint density at radius 2 is 1.53 bits per heavy atom. The van der Waals surface area contributed by atoms with Crippen LogP contribution in [0.1, 0.15) is 40.5 Å². The zero-order chi connectivity index (χ0) is 11.7. The Morgan fingerprint density at radius 3 is 2.07 bits per heavy atom. The van der Waals surface area contributed by atoms with E-state index < -0.39 is 0 Å². The van der Waals surface area contributed by atoms with Crippen molar-refractivity contribution >= 4 is 5.97 Å². The van der Waals surface area contributed by atoms with Crippen LogP contribution >= 0.6 is 0 Å². The molecule has 3 nitrogen and oxygen atoms in total. The monoisotopic (exact) mass is 216 g/mol. The first kappa shape index (κ1) is 14.4. The van der Waals surface area contributed by atoms with Gasteiger partial charge in [-0.15, -0.1) is 0 Å². The molecule has 0 saturated carbocycles. The maximum Gasteiger partial charge on any atom is 0.332 e. The Balaban J connectivity index is 3.26. The molecule has 15 heavy (non-hydrogen) atoms. The van der Waals surface area contributed by atoms with Crippen LogP contribution in [0.15, 0.2) is 0 Å². The minimum absolute atomic E-state index is 0.0881. The van der Waals surface area contributed by atoms with Gasteiger partial charge in [0.25, 0.3) is 0 Å². The largest absolute Gasteiger partial charge is 0.464 e. The molecule has 0 unspecified atom stereocenters. The van der Waals surface area contributed by atoms with Crippen LogP contribution in [0.3, 0.4) is 0 Å². The van der Waals surface area contributed by atoms with Gasteiger partial charge >= 0.3 is 5.97 Å². The van der Waals surface area contributed by atoms with Gasteiger partial charge in [0.15, 0.2) is 0 Å². The molecule has 0 radical (unpaired) electrons. The molecule has 0 amide bonds. The molecule has 0 N–H and O–H groups in total. The molecule has 0 aliphatic carbocycles. The summed E-state index contributed by atoms with van der Waals surface area (Å²) in [6.45, 7) is 9.69. The van der Waals surface area contributed by atoms with Crippen molar-refractivity contribution < 1.29 is 14.3 Å². The van der Waals surface area contributed by atoms with Gasteiger partial charge in [-0.3, -0.25) is 0 Å². The summed E-state index contributed by atoms with van der Waals surface area (Å²) >= 11 is 0. The summed E-state index contributed by atoms with van der Waals surface area (Å²) in [4.78, 5) is 11.1. The lowest BCUT2D eigenvalue weighted by atomic mass is 10.1. The van der Waals surface area contributed by atoms with Crippen LogP contribution in [0.25, 0.3) is 0 Å². The summed E-state index contributed by atoms with van der Waals surface area (Å²) < 4.78 is 10.2. The molecule has 0 rings (SSSR count). The molecule has 0 atom stereocenters. The molecule has 0 aliphatic rings. The fourth-order valence-electron chi connectivity index (χ4n) is 0.925. The Labute approximate surface area is 93.1 Å². The van der Waals surface area contributed by atoms with E-state index in [1.165, 1.54) is 0 Å². The van der Waals surface area contributed by atoms with Gasteiger partial charge in [-0.1, -0.05) is 27.7 Å². The molecule has 0 aliphatic heterocycles. The van der Waals surface area contributed by atoms with E-state index in [0.717, 1.165) is 12.8 Å². The van der Waals surface area contributed by atoms with E-state index in [-0.39, 0.29) is 12.6 Å².